The van der Waals surface area contributed by atoms with Crippen molar-refractivity contribution in [2.75, 3.05) is 25.3 Å². The molecule has 2 rings (SSSR count). The average Bonchev–Trinajstić information content (AvgIpc) is 2.50. The summed E-state index contributed by atoms with van der Waals surface area (Å²) in [6.45, 7) is 0. The van der Waals surface area contributed by atoms with Crippen LogP contribution in [0.2, 0.25) is 0 Å². The van der Waals surface area contributed by atoms with Crippen LogP contribution < -0.4 is 15.8 Å². The lowest BCUT2D eigenvalue weighted by atomic mass is 10.2. The van der Waals surface area contributed by atoms with Gasteiger partial charge < -0.3 is 20.5 Å². The highest BCUT2D eigenvalue weighted by Crippen LogP contribution is 2.29. The zero-order chi connectivity index (χ0) is 15.4. The van der Waals surface area contributed by atoms with Gasteiger partial charge in [0.05, 0.1) is 25.6 Å². The lowest BCUT2D eigenvalue weighted by Gasteiger charge is -2.12. The van der Waals surface area contributed by atoms with Crippen LogP contribution in [0.5, 0.6) is 5.75 Å². The molecule has 0 saturated heterocycles. The first-order valence-electron chi connectivity index (χ1n) is 6.00. The van der Waals surface area contributed by atoms with Crippen LogP contribution in [0.1, 0.15) is 10.5 Å². The van der Waals surface area contributed by atoms with Crippen LogP contribution in [-0.2, 0) is 4.74 Å². The molecule has 0 fully saturated rings. The number of methoxy groups -OCH3 is 2. The fourth-order valence-electron chi connectivity index (χ4n) is 1.68. The summed E-state index contributed by atoms with van der Waals surface area (Å²) >= 11 is 0. The van der Waals surface area contributed by atoms with E-state index in [1.807, 2.05) is 0 Å². The number of benzene rings is 1. The van der Waals surface area contributed by atoms with Gasteiger partial charge in [-0.05, 0) is 24.3 Å². The Morgan fingerprint density at radius 3 is 2.71 bits per heavy atom. The molecule has 3 N–H and O–H groups in total. The fraction of sp³-hybridized carbons (Fsp3) is 0.143. The Bertz CT molecular complexity index is 677. The minimum absolute atomic E-state index is 0.107. The van der Waals surface area contributed by atoms with Gasteiger partial charge in [0.1, 0.15) is 11.6 Å². The molecule has 21 heavy (non-hydrogen) atoms. The van der Waals surface area contributed by atoms with E-state index in [4.69, 9.17) is 10.5 Å². The zero-order valence-electron chi connectivity index (χ0n) is 11.5. The number of carbonyl (C=O) groups excluding carboxylic acids is 1. The van der Waals surface area contributed by atoms with Crippen molar-refractivity contribution in [2.45, 2.75) is 0 Å². The number of hydrogen-bond donors (Lipinski definition) is 2. The number of pyridine rings is 1. The predicted molar refractivity (Wildman–Crippen MR) is 76.2 cm³/mol. The largest absolute Gasteiger partial charge is 0.494 e. The standard InChI is InChI=1S/C14H14FN3O3/c1-20-12-7-8(15)3-5-10(12)17-13-9(16)4-6-11(18-13)14(19)21-2/h3-7H,16H2,1-2H3,(H,17,18). The normalized spacial score (nSPS) is 10.0. The number of carbonyl (C=O) groups is 1. The molecule has 0 amide bonds. The van der Waals surface area contributed by atoms with Crippen molar-refractivity contribution in [2.24, 2.45) is 0 Å². The van der Waals surface area contributed by atoms with E-state index < -0.39 is 11.8 Å². The lowest BCUT2D eigenvalue weighted by molar-refractivity contribution is 0.0594. The molecule has 0 saturated carbocycles. The first-order chi connectivity index (χ1) is 10.0. The molecule has 0 radical (unpaired) electrons. The maximum Gasteiger partial charge on any atom is 0.356 e. The van der Waals surface area contributed by atoms with Crippen LogP contribution in [0.4, 0.5) is 21.6 Å². The van der Waals surface area contributed by atoms with E-state index in [0.29, 0.717) is 17.1 Å². The number of aromatic nitrogens is 1. The molecule has 110 valence electrons. The van der Waals surface area contributed by atoms with Crippen LogP contribution in [0.25, 0.3) is 0 Å². The smallest absolute Gasteiger partial charge is 0.356 e. The van der Waals surface area contributed by atoms with Gasteiger partial charge in [-0.3, -0.25) is 0 Å². The van der Waals surface area contributed by atoms with Crippen LogP contribution in [0, 0.1) is 5.82 Å². The molecule has 6 nitrogen and oxygen atoms in total. The maximum absolute atomic E-state index is 13.2. The van der Waals surface area contributed by atoms with E-state index in [1.54, 1.807) is 0 Å². The fourth-order valence-corrected chi connectivity index (χ4v) is 1.68. The van der Waals surface area contributed by atoms with Gasteiger partial charge in [-0.15, -0.1) is 0 Å². The molecule has 0 spiro atoms. The van der Waals surface area contributed by atoms with Crippen molar-refractivity contribution in [3.63, 3.8) is 0 Å². The summed E-state index contributed by atoms with van der Waals surface area (Å²) < 4.78 is 22.8. The van der Waals surface area contributed by atoms with Crippen LogP contribution in [0.15, 0.2) is 30.3 Å². The Labute approximate surface area is 120 Å². The van der Waals surface area contributed by atoms with Gasteiger partial charge in [0.2, 0.25) is 0 Å². The highest BCUT2D eigenvalue weighted by atomic mass is 19.1. The topological polar surface area (TPSA) is 86.5 Å². The molecule has 1 aromatic carbocycles. The number of hydrogen-bond acceptors (Lipinski definition) is 6. The molecule has 0 unspecified atom stereocenters. The number of nitrogen functional groups attached to an aromatic ring is 1. The Morgan fingerprint density at radius 2 is 2.05 bits per heavy atom. The average molecular weight is 291 g/mol. The number of nitrogens with zero attached hydrogens (tertiary/aromatic N) is 1. The highest BCUT2D eigenvalue weighted by molar-refractivity contribution is 5.89. The Kier molecular flexibility index (Phi) is 4.22. The third-order valence-electron chi connectivity index (χ3n) is 2.74. The van der Waals surface area contributed by atoms with Crippen molar-refractivity contribution in [3.8, 4) is 5.75 Å². The minimum Gasteiger partial charge on any atom is -0.494 e. The summed E-state index contributed by atoms with van der Waals surface area (Å²) in [5, 5.41) is 2.90. The van der Waals surface area contributed by atoms with Gasteiger partial charge in [-0.2, -0.15) is 0 Å². The molecule has 1 heterocycles. The first kappa shape index (κ1) is 14.6. The van der Waals surface area contributed by atoms with Gasteiger partial charge in [-0.1, -0.05) is 0 Å². The van der Waals surface area contributed by atoms with Crippen molar-refractivity contribution >= 4 is 23.2 Å². The van der Waals surface area contributed by atoms with E-state index in [2.05, 4.69) is 15.0 Å². The molecular formula is C14H14FN3O3. The second-order valence-corrected chi connectivity index (χ2v) is 4.10. The molecular weight excluding hydrogens is 277 g/mol. The van der Waals surface area contributed by atoms with Gasteiger partial charge in [-0.25, -0.2) is 14.2 Å². The third kappa shape index (κ3) is 3.19. The summed E-state index contributed by atoms with van der Waals surface area (Å²) in [4.78, 5) is 15.5. The van der Waals surface area contributed by atoms with Crippen molar-refractivity contribution in [1.82, 2.24) is 4.98 Å². The summed E-state index contributed by atoms with van der Waals surface area (Å²) in [6, 6.07) is 6.96. The van der Waals surface area contributed by atoms with Crippen molar-refractivity contribution < 1.29 is 18.7 Å². The second-order valence-electron chi connectivity index (χ2n) is 4.10. The van der Waals surface area contributed by atoms with Gasteiger partial charge in [0.25, 0.3) is 0 Å². The number of nitrogens with one attached hydrogen (secondary N) is 1. The van der Waals surface area contributed by atoms with E-state index in [-0.39, 0.29) is 11.5 Å². The quantitative estimate of drug-likeness (QED) is 0.841. The van der Waals surface area contributed by atoms with Gasteiger partial charge >= 0.3 is 5.97 Å². The number of halogens is 1. The Balaban J connectivity index is 2.37. The first-order valence-corrected chi connectivity index (χ1v) is 6.00. The van der Waals surface area contributed by atoms with Crippen LogP contribution in [0.3, 0.4) is 0 Å². The predicted octanol–water partition coefficient (Wildman–Crippen LogP) is 2.34. The van der Waals surface area contributed by atoms with Gasteiger partial charge in [0.15, 0.2) is 11.5 Å². The van der Waals surface area contributed by atoms with Crippen molar-refractivity contribution in [3.05, 3.63) is 41.8 Å². The minimum atomic E-state index is -0.580. The SMILES string of the molecule is COC(=O)c1ccc(N)c(Nc2ccc(F)cc2OC)n1. The van der Waals surface area contributed by atoms with E-state index in [1.165, 1.54) is 44.6 Å². The summed E-state index contributed by atoms with van der Waals surface area (Å²) in [5.74, 6) is -0.465. The van der Waals surface area contributed by atoms with E-state index >= 15 is 0 Å². The zero-order valence-corrected chi connectivity index (χ0v) is 11.5. The summed E-state index contributed by atoms with van der Waals surface area (Å²) in [6.07, 6.45) is 0. The van der Waals surface area contributed by atoms with Crippen molar-refractivity contribution in [1.29, 1.82) is 0 Å². The molecule has 7 heteroatoms. The molecule has 2 aromatic rings. The molecule has 1 aromatic heterocycles. The maximum atomic E-state index is 13.2. The highest BCUT2D eigenvalue weighted by Gasteiger charge is 2.12. The number of anilines is 3. The molecule has 0 bridgehead atoms. The number of nitrogens with two attached hydrogens (primary N) is 1. The molecule has 0 aliphatic rings. The molecule has 0 aliphatic heterocycles. The Morgan fingerprint density at radius 1 is 1.29 bits per heavy atom. The summed E-state index contributed by atoms with van der Waals surface area (Å²) in [5.41, 5.74) is 6.72. The van der Waals surface area contributed by atoms with Gasteiger partial charge in [0, 0.05) is 6.07 Å². The molecule has 0 atom stereocenters. The number of esters is 1. The number of ether oxygens (including phenoxy) is 2. The van der Waals surface area contributed by atoms with E-state index in [9.17, 15) is 9.18 Å². The van der Waals surface area contributed by atoms with Crippen LogP contribution in [-0.4, -0.2) is 25.2 Å². The Hall–Kier alpha value is -2.83. The van der Waals surface area contributed by atoms with Crippen LogP contribution >= 0.6 is 0 Å². The molecule has 0 aliphatic carbocycles. The monoisotopic (exact) mass is 291 g/mol. The second kappa shape index (κ2) is 6.08. The third-order valence-corrected chi connectivity index (χ3v) is 2.74. The summed E-state index contributed by atoms with van der Waals surface area (Å²) in [7, 11) is 2.68. The lowest BCUT2D eigenvalue weighted by Crippen LogP contribution is -2.08. The number of rotatable bonds is 4. The van der Waals surface area contributed by atoms with E-state index in [0.717, 1.165) is 0 Å².